The van der Waals surface area contributed by atoms with Crippen LogP contribution in [0.15, 0.2) is 5.16 Å². The number of carboxylic acid groups (broad SMARTS) is 1. The van der Waals surface area contributed by atoms with Gasteiger partial charge in [-0.2, -0.15) is 0 Å². The maximum atomic E-state index is 10.5. The van der Waals surface area contributed by atoms with E-state index in [4.69, 9.17) is 14.6 Å². The van der Waals surface area contributed by atoms with Gasteiger partial charge >= 0.3 is 5.97 Å². The van der Waals surface area contributed by atoms with E-state index in [0.29, 0.717) is 30.8 Å². The molecule has 17 heavy (non-hydrogen) atoms. The van der Waals surface area contributed by atoms with Crippen LogP contribution < -0.4 is 0 Å². The average Bonchev–Trinajstić information content (AvgIpc) is 2.69. The van der Waals surface area contributed by atoms with Gasteiger partial charge in [-0.25, -0.2) is 0 Å². The van der Waals surface area contributed by atoms with Crippen molar-refractivity contribution in [2.75, 3.05) is 25.6 Å². The first-order valence-electron chi connectivity index (χ1n) is 5.11. The van der Waals surface area contributed by atoms with Crippen molar-refractivity contribution in [1.29, 1.82) is 0 Å². The molecule has 1 aromatic heterocycles. The lowest BCUT2D eigenvalue weighted by atomic mass is 10.3. The minimum absolute atomic E-state index is 0.0337. The zero-order chi connectivity index (χ0) is 12.3. The second kappa shape index (κ2) is 5.48. The van der Waals surface area contributed by atoms with E-state index < -0.39 is 5.97 Å². The molecule has 0 radical (unpaired) electrons. The van der Waals surface area contributed by atoms with Gasteiger partial charge < -0.3 is 19.1 Å². The van der Waals surface area contributed by atoms with Gasteiger partial charge in [0.2, 0.25) is 0 Å². The molecule has 0 spiro atoms. The van der Waals surface area contributed by atoms with Crippen molar-refractivity contribution in [3.05, 3.63) is 5.82 Å². The summed E-state index contributed by atoms with van der Waals surface area (Å²) < 4.78 is 12.5. The zero-order valence-electron chi connectivity index (χ0n) is 9.33. The van der Waals surface area contributed by atoms with Gasteiger partial charge in [0.1, 0.15) is 6.10 Å². The molecule has 2 rings (SSSR count). The minimum Gasteiger partial charge on any atom is -0.481 e. The van der Waals surface area contributed by atoms with Gasteiger partial charge in [-0.15, -0.1) is 10.2 Å². The monoisotopic (exact) mass is 259 g/mol. The highest BCUT2D eigenvalue weighted by Gasteiger charge is 2.23. The number of hydrogen-bond acceptors (Lipinski definition) is 6. The highest BCUT2D eigenvalue weighted by Crippen LogP contribution is 2.22. The molecule has 2 heterocycles. The van der Waals surface area contributed by atoms with Gasteiger partial charge in [-0.05, 0) is 0 Å². The number of nitrogens with zero attached hydrogens (tertiary/aromatic N) is 3. The molecule has 1 fully saturated rings. The second-order valence-electron chi connectivity index (χ2n) is 3.52. The summed E-state index contributed by atoms with van der Waals surface area (Å²) >= 11 is 1.13. The van der Waals surface area contributed by atoms with Crippen LogP contribution in [0.2, 0.25) is 0 Å². The molecular formula is C9H13N3O4S. The molecule has 0 bridgehead atoms. The van der Waals surface area contributed by atoms with Gasteiger partial charge in [0.25, 0.3) is 0 Å². The Balaban J connectivity index is 2.05. The molecule has 94 valence electrons. The average molecular weight is 259 g/mol. The quantitative estimate of drug-likeness (QED) is 0.766. The Morgan fingerprint density at radius 3 is 3.06 bits per heavy atom. The first-order chi connectivity index (χ1) is 8.18. The van der Waals surface area contributed by atoms with E-state index in [1.54, 1.807) is 11.6 Å². The molecule has 1 aliphatic rings. The lowest BCUT2D eigenvalue weighted by molar-refractivity contribution is -0.133. The fraction of sp³-hybridized carbons (Fsp3) is 0.667. The number of thioether (sulfide) groups is 1. The molecule has 0 saturated carbocycles. The maximum absolute atomic E-state index is 10.5. The fourth-order valence-corrected chi connectivity index (χ4v) is 2.13. The molecular weight excluding hydrogens is 246 g/mol. The number of hydrogen-bond donors (Lipinski definition) is 1. The largest absolute Gasteiger partial charge is 0.481 e. The Hall–Kier alpha value is -1.12. The van der Waals surface area contributed by atoms with E-state index in [0.717, 1.165) is 11.8 Å². The van der Waals surface area contributed by atoms with Crippen molar-refractivity contribution in [3.8, 4) is 0 Å². The van der Waals surface area contributed by atoms with E-state index >= 15 is 0 Å². The van der Waals surface area contributed by atoms with Crippen LogP contribution in [0.25, 0.3) is 0 Å². The molecule has 8 heteroatoms. The minimum atomic E-state index is -0.878. The molecule has 1 N–H and O–H groups in total. The molecule has 7 nitrogen and oxygen atoms in total. The summed E-state index contributed by atoms with van der Waals surface area (Å²) in [5.41, 5.74) is 0. The fourth-order valence-electron chi connectivity index (χ4n) is 1.50. The summed E-state index contributed by atoms with van der Waals surface area (Å²) in [5, 5.41) is 17.1. The Morgan fingerprint density at radius 1 is 1.59 bits per heavy atom. The van der Waals surface area contributed by atoms with Crippen LogP contribution in [0, 0.1) is 0 Å². The summed E-state index contributed by atoms with van der Waals surface area (Å²) in [4.78, 5) is 10.5. The smallest absolute Gasteiger partial charge is 0.313 e. The SMILES string of the molecule is Cn1c(SCC(=O)O)nnc1C1COCCO1. The van der Waals surface area contributed by atoms with Crippen molar-refractivity contribution in [3.63, 3.8) is 0 Å². The number of aromatic nitrogens is 3. The topological polar surface area (TPSA) is 86.5 Å². The third kappa shape index (κ3) is 2.96. The van der Waals surface area contributed by atoms with Crippen LogP contribution in [0.5, 0.6) is 0 Å². The van der Waals surface area contributed by atoms with E-state index in [1.165, 1.54) is 0 Å². The summed E-state index contributed by atoms with van der Waals surface area (Å²) in [6, 6.07) is 0. The Kier molecular flexibility index (Phi) is 3.97. The number of rotatable bonds is 4. The van der Waals surface area contributed by atoms with E-state index in [9.17, 15) is 4.79 Å². The summed E-state index contributed by atoms with van der Waals surface area (Å²) in [5.74, 6) is -0.247. The van der Waals surface area contributed by atoms with E-state index in [-0.39, 0.29) is 11.9 Å². The molecule has 0 amide bonds. The standard InChI is InChI=1S/C9H13N3O4S/c1-12-8(6-4-15-2-3-16-6)10-11-9(12)17-5-7(13)14/h6H,2-5H2,1H3,(H,13,14). The zero-order valence-corrected chi connectivity index (χ0v) is 10.1. The van der Waals surface area contributed by atoms with Crippen LogP contribution >= 0.6 is 11.8 Å². The van der Waals surface area contributed by atoms with Gasteiger partial charge in [-0.3, -0.25) is 4.79 Å². The predicted octanol–water partition coefficient (Wildman–Crippen LogP) is 0.0797. The van der Waals surface area contributed by atoms with Crippen LogP contribution in [0.4, 0.5) is 0 Å². The number of aliphatic carboxylic acids is 1. The number of ether oxygens (including phenoxy) is 2. The van der Waals surface area contributed by atoms with Crippen molar-refractivity contribution in [1.82, 2.24) is 14.8 Å². The summed E-state index contributed by atoms with van der Waals surface area (Å²) in [6.07, 6.45) is -0.222. The normalized spacial score (nSPS) is 20.4. The highest BCUT2D eigenvalue weighted by molar-refractivity contribution is 7.99. The third-order valence-electron chi connectivity index (χ3n) is 2.30. The first-order valence-corrected chi connectivity index (χ1v) is 6.10. The van der Waals surface area contributed by atoms with Crippen LogP contribution in [0.1, 0.15) is 11.9 Å². The third-order valence-corrected chi connectivity index (χ3v) is 3.30. The molecule has 1 aliphatic heterocycles. The molecule has 1 atom stereocenters. The summed E-state index contributed by atoms with van der Waals surface area (Å²) in [7, 11) is 1.79. The van der Waals surface area contributed by atoms with Crippen LogP contribution in [-0.4, -0.2) is 51.4 Å². The lowest BCUT2D eigenvalue weighted by Crippen LogP contribution is -2.24. The molecule has 0 aliphatic carbocycles. The van der Waals surface area contributed by atoms with Crippen LogP contribution in [-0.2, 0) is 21.3 Å². The Bertz CT molecular complexity index is 403. The Labute approximate surface area is 102 Å². The van der Waals surface area contributed by atoms with Crippen molar-refractivity contribution >= 4 is 17.7 Å². The second-order valence-corrected chi connectivity index (χ2v) is 4.46. The Morgan fingerprint density at radius 2 is 2.41 bits per heavy atom. The molecule has 1 unspecified atom stereocenters. The van der Waals surface area contributed by atoms with Gasteiger partial charge in [0.05, 0.1) is 25.6 Å². The van der Waals surface area contributed by atoms with Gasteiger partial charge in [0.15, 0.2) is 11.0 Å². The van der Waals surface area contributed by atoms with Gasteiger partial charge in [0, 0.05) is 7.05 Å². The molecule has 1 aromatic rings. The van der Waals surface area contributed by atoms with E-state index in [2.05, 4.69) is 10.2 Å². The van der Waals surface area contributed by atoms with Crippen molar-refractivity contribution < 1.29 is 19.4 Å². The van der Waals surface area contributed by atoms with Crippen molar-refractivity contribution in [2.45, 2.75) is 11.3 Å². The van der Waals surface area contributed by atoms with Gasteiger partial charge in [-0.1, -0.05) is 11.8 Å². The van der Waals surface area contributed by atoms with Crippen molar-refractivity contribution in [2.24, 2.45) is 7.05 Å². The van der Waals surface area contributed by atoms with E-state index in [1.807, 2.05) is 0 Å². The number of carboxylic acids is 1. The lowest BCUT2D eigenvalue weighted by Gasteiger charge is -2.21. The molecule has 1 saturated heterocycles. The highest BCUT2D eigenvalue weighted by atomic mass is 32.2. The first kappa shape index (κ1) is 12.3. The van der Waals surface area contributed by atoms with Crippen LogP contribution in [0.3, 0.4) is 0 Å². The number of carbonyl (C=O) groups is 1. The summed E-state index contributed by atoms with van der Waals surface area (Å²) in [6.45, 7) is 1.58. The molecule has 0 aromatic carbocycles. The predicted molar refractivity (Wildman–Crippen MR) is 58.9 cm³/mol. The maximum Gasteiger partial charge on any atom is 0.313 e.